The molecule has 0 saturated carbocycles. The Hall–Kier alpha value is -0.860. The minimum absolute atomic E-state index is 0.0772. The molecule has 1 aliphatic rings. The minimum atomic E-state index is -3.81. The van der Waals surface area contributed by atoms with E-state index in [2.05, 4.69) is 0 Å². The fourth-order valence-electron chi connectivity index (χ4n) is 2.23. The molecular weight excluding hydrogens is 304 g/mol. The van der Waals surface area contributed by atoms with Crippen molar-refractivity contribution in [2.75, 3.05) is 25.4 Å². The summed E-state index contributed by atoms with van der Waals surface area (Å²) in [5.74, 6) is 0. The van der Waals surface area contributed by atoms with E-state index >= 15 is 0 Å². The summed E-state index contributed by atoms with van der Waals surface area (Å²) in [6, 6.07) is 4.57. The second kappa shape index (κ2) is 5.87. The van der Waals surface area contributed by atoms with Crippen molar-refractivity contribution >= 4 is 27.3 Å². The molecule has 3 N–H and O–H groups in total. The third-order valence-electron chi connectivity index (χ3n) is 3.09. The Kier molecular flexibility index (Phi) is 4.55. The van der Waals surface area contributed by atoms with Gasteiger partial charge in [0.15, 0.2) is 0 Å². The molecule has 0 amide bonds. The van der Waals surface area contributed by atoms with Crippen LogP contribution < -0.4 is 5.73 Å². The number of hydrogen-bond acceptors (Lipinski definition) is 5. The number of sulfonamides is 1. The zero-order chi connectivity index (χ0) is 14.9. The highest BCUT2D eigenvalue weighted by molar-refractivity contribution is 7.89. The summed E-state index contributed by atoms with van der Waals surface area (Å²) in [5, 5.41) is 9.26. The van der Waals surface area contributed by atoms with Crippen LogP contribution in [0.5, 0.6) is 0 Å². The monoisotopic (exact) mass is 320 g/mol. The molecule has 0 radical (unpaired) electrons. The molecule has 2 atom stereocenters. The molecule has 1 aromatic rings. The zero-order valence-electron chi connectivity index (χ0n) is 11.0. The number of morpholine rings is 1. The Balaban J connectivity index is 2.39. The second-order valence-corrected chi connectivity index (χ2v) is 7.01. The number of nitrogens with zero attached hydrogens (tertiary/aromatic N) is 1. The van der Waals surface area contributed by atoms with E-state index in [4.69, 9.17) is 22.1 Å². The lowest BCUT2D eigenvalue weighted by Gasteiger charge is -2.35. The van der Waals surface area contributed by atoms with Gasteiger partial charge < -0.3 is 15.6 Å². The van der Waals surface area contributed by atoms with Crippen LogP contribution in [0.1, 0.15) is 6.92 Å². The lowest BCUT2D eigenvalue weighted by atomic mass is 10.2. The van der Waals surface area contributed by atoms with Gasteiger partial charge in [-0.05, 0) is 19.1 Å². The number of hydrogen-bond donors (Lipinski definition) is 2. The average molecular weight is 321 g/mol. The minimum Gasteiger partial charge on any atom is -0.398 e. The van der Waals surface area contributed by atoms with Crippen LogP contribution in [0.2, 0.25) is 5.02 Å². The summed E-state index contributed by atoms with van der Waals surface area (Å²) in [6.45, 7) is 1.78. The van der Waals surface area contributed by atoms with Gasteiger partial charge in [-0.3, -0.25) is 0 Å². The number of aliphatic hydroxyl groups is 1. The Morgan fingerprint density at radius 2 is 2.20 bits per heavy atom. The molecule has 112 valence electrons. The third kappa shape index (κ3) is 2.91. The molecule has 6 nitrogen and oxygen atoms in total. The molecule has 20 heavy (non-hydrogen) atoms. The summed E-state index contributed by atoms with van der Waals surface area (Å²) >= 11 is 5.97. The first-order chi connectivity index (χ1) is 9.36. The van der Waals surface area contributed by atoms with E-state index in [0.717, 1.165) is 0 Å². The molecule has 1 aromatic carbocycles. The predicted molar refractivity (Wildman–Crippen MR) is 76.0 cm³/mol. The molecule has 0 bridgehead atoms. The quantitative estimate of drug-likeness (QED) is 0.799. The molecule has 8 heteroatoms. The lowest BCUT2D eigenvalue weighted by Crippen LogP contribution is -2.50. The molecule has 0 aliphatic carbocycles. The summed E-state index contributed by atoms with van der Waals surface area (Å²) in [5.41, 5.74) is 5.85. The number of halogens is 1. The van der Waals surface area contributed by atoms with Crippen molar-refractivity contribution in [3.63, 3.8) is 0 Å². The van der Waals surface area contributed by atoms with Crippen LogP contribution in [0, 0.1) is 0 Å². The molecule has 1 heterocycles. The second-order valence-electron chi connectivity index (χ2n) is 4.73. The first-order valence-electron chi connectivity index (χ1n) is 6.16. The molecule has 1 aliphatic heterocycles. The molecule has 1 saturated heterocycles. The number of aliphatic hydroxyl groups excluding tert-OH is 1. The molecule has 0 spiro atoms. The predicted octanol–water partition coefficient (Wildman–Crippen LogP) is 0.693. The van der Waals surface area contributed by atoms with Crippen molar-refractivity contribution in [1.29, 1.82) is 0 Å². The van der Waals surface area contributed by atoms with Crippen LogP contribution in [0.15, 0.2) is 23.1 Å². The van der Waals surface area contributed by atoms with Gasteiger partial charge in [0.25, 0.3) is 0 Å². The Labute approximate surface area is 123 Å². The van der Waals surface area contributed by atoms with Crippen molar-refractivity contribution in [2.24, 2.45) is 0 Å². The van der Waals surface area contributed by atoms with Gasteiger partial charge in [-0.2, -0.15) is 4.31 Å². The van der Waals surface area contributed by atoms with Gasteiger partial charge in [-0.25, -0.2) is 8.42 Å². The zero-order valence-corrected chi connectivity index (χ0v) is 12.6. The summed E-state index contributed by atoms with van der Waals surface area (Å²) in [4.78, 5) is -0.0903. The highest BCUT2D eigenvalue weighted by Gasteiger charge is 2.35. The van der Waals surface area contributed by atoms with Crippen LogP contribution in [-0.4, -0.2) is 49.7 Å². The van der Waals surface area contributed by atoms with Crippen molar-refractivity contribution in [3.8, 4) is 0 Å². The van der Waals surface area contributed by atoms with Crippen molar-refractivity contribution in [2.45, 2.75) is 24.0 Å². The van der Waals surface area contributed by atoms with Gasteiger partial charge in [0.2, 0.25) is 10.0 Å². The van der Waals surface area contributed by atoms with E-state index in [1.807, 2.05) is 0 Å². The van der Waals surface area contributed by atoms with E-state index in [1.54, 1.807) is 13.0 Å². The average Bonchev–Trinajstić information content (AvgIpc) is 2.37. The first kappa shape index (κ1) is 15.5. The van der Waals surface area contributed by atoms with Crippen LogP contribution in [0.4, 0.5) is 5.69 Å². The highest BCUT2D eigenvalue weighted by Crippen LogP contribution is 2.31. The molecule has 2 rings (SSSR count). The number of nitrogens with two attached hydrogens (primary N) is 1. The Morgan fingerprint density at radius 1 is 1.50 bits per heavy atom. The number of benzene rings is 1. The number of rotatable bonds is 3. The van der Waals surface area contributed by atoms with Crippen LogP contribution in [0.3, 0.4) is 0 Å². The van der Waals surface area contributed by atoms with Gasteiger partial charge in [-0.15, -0.1) is 0 Å². The summed E-state index contributed by atoms with van der Waals surface area (Å²) in [7, 11) is -3.81. The smallest absolute Gasteiger partial charge is 0.246 e. The van der Waals surface area contributed by atoms with E-state index < -0.39 is 16.1 Å². The van der Waals surface area contributed by atoms with E-state index in [0.29, 0.717) is 0 Å². The maximum Gasteiger partial charge on any atom is 0.246 e. The maximum atomic E-state index is 12.7. The SMILES string of the molecule is CC1CN(S(=O)(=O)c2c(N)cccc2Cl)CC(CO)O1. The van der Waals surface area contributed by atoms with Gasteiger partial charge in [0.05, 0.1) is 29.5 Å². The molecule has 2 unspecified atom stereocenters. The molecule has 0 aromatic heterocycles. The lowest BCUT2D eigenvalue weighted by molar-refractivity contribution is -0.0750. The van der Waals surface area contributed by atoms with Crippen LogP contribution in [-0.2, 0) is 14.8 Å². The fraction of sp³-hybridized carbons (Fsp3) is 0.500. The molecule has 1 fully saturated rings. The highest BCUT2D eigenvalue weighted by atomic mass is 35.5. The normalized spacial score (nSPS) is 24.8. The maximum absolute atomic E-state index is 12.7. The van der Waals surface area contributed by atoms with Gasteiger partial charge >= 0.3 is 0 Å². The van der Waals surface area contributed by atoms with E-state index in [9.17, 15) is 13.5 Å². The largest absolute Gasteiger partial charge is 0.398 e. The van der Waals surface area contributed by atoms with Crippen molar-refractivity contribution in [1.82, 2.24) is 4.31 Å². The van der Waals surface area contributed by atoms with E-state index in [1.165, 1.54) is 16.4 Å². The van der Waals surface area contributed by atoms with Crippen molar-refractivity contribution in [3.05, 3.63) is 23.2 Å². The number of ether oxygens (including phenoxy) is 1. The standard InChI is InChI=1S/C12H17ClN2O4S/c1-8-5-15(6-9(7-16)19-8)20(17,18)12-10(13)3-2-4-11(12)14/h2-4,8-9,16H,5-7,14H2,1H3. The van der Waals surface area contributed by atoms with Gasteiger partial charge in [0, 0.05) is 13.1 Å². The summed E-state index contributed by atoms with van der Waals surface area (Å²) < 4.78 is 32.0. The summed E-state index contributed by atoms with van der Waals surface area (Å²) in [6.07, 6.45) is -0.850. The fourth-order valence-corrected chi connectivity index (χ4v) is 4.41. The number of anilines is 1. The third-order valence-corrected chi connectivity index (χ3v) is 5.47. The first-order valence-corrected chi connectivity index (χ1v) is 7.98. The van der Waals surface area contributed by atoms with Gasteiger partial charge in [0.1, 0.15) is 4.90 Å². The van der Waals surface area contributed by atoms with Gasteiger partial charge in [-0.1, -0.05) is 17.7 Å². The molecular formula is C12H17ClN2O4S. The Bertz CT molecular complexity index is 573. The van der Waals surface area contributed by atoms with Crippen molar-refractivity contribution < 1.29 is 18.3 Å². The van der Waals surface area contributed by atoms with Crippen LogP contribution in [0.25, 0.3) is 0 Å². The topological polar surface area (TPSA) is 92.9 Å². The van der Waals surface area contributed by atoms with Crippen LogP contribution >= 0.6 is 11.6 Å². The number of nitrogen functional groups attached to an aromatic ring is 1. The van der Waals surface area contributed by atoms with E-state index in [-0.39, 0.29) is 41.4 Å². The Morgan fingerprint density at radius 3 is 2.80 bits per heavy atom.